The van der Waals surface area contributed by atoms with Crippen LogP contribution in [0.3, 0.4) is 0 Å². The Morgan fingerprint density at radius 3 is 2.67 bits per heavy atom. The van der Waals surface area contributed by atoms with E-state index in [0.717, 1.165) is 12.8 Å². The van der Waals surface area contributed by atoms with Crippen LogP contribution in [0, 0.1) is 0 Å². The van der Waals surface area contributed by atoms with Crippen LogP contribution in [-0.2, 0) is 10.2 Å². The van der Waals surface area contributed by atoms with Gasteiger partial charge >= 0.3 is 0 Å². The monoisotopic (exact) mass is 216 g/mol. The first-order valence-corrected chi connectivity index (χ1v) is 6.04. The van der Waals surface area contributed by atoms with E-state index in [1.54, 1.807) is 18.3 Å². The lowest BCUT2D eigenvalue weighted by Gasteiger charge is -2.06. The number of hydrogen-bond acceptors (Lipinski definition) is 2. The first-order valence-electron chi connectivity index (χ1n) is 5.22. The van der Waals surface area contributed by atoms with E-state index < -0.39 is 0 Å². The molecule has 1 nitrogen and oxygen atoms in total. The van der Waals surface area contributed by atoms with Gasteiger partial charge in [-0.25, -0.2) is 0 Å². The molecule has 15 heavy (non-hydrogen) atoms. The summed E-state index contributed by atoms with van der Waals surface area (Å²) in [7, 11) is 0. The highest BCUT2D eigenvalue weighted by Crippen LogP contribution is 2.52. The maximum atomic E-state index is 11.6. The van der Waals surface area contributed by atoms with Crippen molar-refractivity contribution in [3.63, 3.8) is 0 Å². The van der Waals surface area contributed by atoms with E-state index in [4.69, 9.17) is 0 Å². The SMILES string of the molecule is CC(=O)C1(c2cc3ccccc3s2)CC1. The van der Waals surface area contributed by atoms with Crippen molar-refractivity contribution in [1.29, 1.82) is 0 Å². The molecule has 1 heterocycles. The number of benzene rings is 1. The van der Waals surface area contributed by atoms with E-state index in [-0.39, 0.29) is 5.41 Å². The van der Waals surface area contributed by atoms with Crippen LogP contribution in [0.25, 0.3) is 10.1 Å². The van der Waals surface area contributed by atoms with Gasteiger partial charge in [0.1, 0.15) is 5.78 Å². The summed E-state index contributed by atoms with van der Waals surface area (Å²) in [6.45, 7) is 1.72. The lowest BCUT2D eigenvalue weighted by Crippen LogP contribution is -2.14. The molecular weight excluding hydrogens is 204 g/mol. The maximum absolute atomic E-state index is 11.6. The van der Waals surface area contributed by atoms with Crippen LogP contribution in [0.15, 0.2) is 30.3 Å². The van der Waals surface area contributed by atoms with Gasteiger partial charge in [-0.3, -0.25) is 4.79 Å². The second-order valence-corrected chi connectivity index (χ2v) is 5.37. The van der Waals surface area contributed by atoms with Crippen molar-refractivity contribution in [1.82, 2.24) is 0 Å². The topological polar surface area (TPSA) is 17.1 Å². The van der Waals surface area contributed by atoms with Crippen LogP contribution in [0.5, 0.6) is 0 Å². The summed E-state index contributed by atoms with van der Waals surface area (Å²) in [6, 6.07) is 10.5. The van der Waals surface area contributed by atoms with Crippen LogP contribution in [0.1, 0.15) is 24.6 Å². The third-order valence-electron chi connectivity index (χ3n) is 3.32. The van der Waals surface area contributed by atoms with E-state index in [2.05, 4.69) is 24.3 Å². The fourth-order valence-electron chi connectivity index (χ4n) is 2.11. The molecule has 1 aliphatic carbocycles. The average Bonchev–Trinajstić information content (AvgIpc) is 2.93. The molecule has 0 N–H and O–H groups in total. The summed E-state index contributed by atoms with van der Waals surface area (Å²) in [6.07, 6.45) is 2.07. The standard InChI is InChI=1S/C13H12OS/c1-9(14)13(6-7-13)12-8-10-4-2-3-5-11(10)15-12/h2-5,8H,6-7H2,1H3. The summed E-state index contributed by atoms with van der Waals surface area (Å²) in [5.41, 5.74) is -0.107. The van der Waals surface area contributed by atoms with Crippen molar-refractivity contribution in [2.75, 3.05) is 0 Å². The molecule has 0 saturated heterocycles. The minimum Gasteiger partial charge on any atom is -0.299 e. The number of fused-ring (bicyclic) bond motifs is 1. The zero-order chi connectivity index (χ0) is 10.5. The van der Waals surface area contributed by atoms with Gasteiger partial charge < -0.3 is 0 Å². The molecule has 0 spiro atoms. The Labute approximate surface area is 92.7 Å². The molecule has 2 heteroatoms. The molecule has 76 valence electrons. The van der Waals surface area contributed by atoms with E-state index >= 15 is 0 Å². The number of hydrogen-bond donors (Lipinski definition) is 0. The van der Waals surface area contributed by atoms with E-state index in [9.17, 15) is 4.79 Å². The Hall–Kier alpha value is -1.15. The Kier molecular flexibility index (Phi) is 1.77. The number of carbonyl (C=O) groups is 1. The minimum absolute atomic E-state index is 0.107. The molecule has 2 aromatic rings. The van der Waals surface area contributed by atoms with Crippen LogP contribution in [0.4, 0.5) is 0 Å². The molecule has 0 unspecified atom stereocenters. The zero-order valence-corrected chi connectivity index (χ0v) is 9.43. The number of rotatable bonds is 2. The van der Waals surface area contributed by atoms with Gasteiger partial charge in [0.25, 0.3) is 0 Å². The largest absolute Gasteiger partial charge is 0.299 e. The van der Waals surface area contributed by atoms with Crippen LogP contribution < -0.4 is 0 Å². The predicted molar refractivity (Wildman–Crippen MR) is 63.4 cm³/mol. The Morgan fingerprint density at radius 2 is 2.07 bits per heavy atom. The molecular formula is C13H12OS. The maximum Gasteiger partial charge on any atom is 0.141 e. The highest BCUT2D eigenvalue weighted by atomic mass is 32.1. The molecule has 0 atom stereocenters. The van der Waals surface area contributed by atoms with Crippen molar-refractivity contribution in [3.05, 3.63) is 35.2 Å². The average molecular weight is 216 g/mol. The summed E-state index contributed by atoms with van der Waals surface area (Å²) in [5, 5.41) is 1.27. The molecule has 0 amide bonds. The van der Waals surface area contributed by atoms with Crippen molar-refractivity contribution in [2.24, 2.45) is 0 Å². The lowest BCUT2D eigenvalue weighted by atomic mass is 10.00. The van der Waals surface area contributed by atoms with E-state index in [1.807, 2.05) is 6.07 Å². The Bertz CT molecular complexity index is 501. The molecule has 1 saturated carbocycles. The van der Waals surface area contributed by atoms with Gasteiger partial charge in [-0.1, -0.05) is 18.2 Å². The Morgan fingerprint density at radius 1 is 1.33 bits per heavy atom. The van der Waals surface area contributed by atoms with Crippen LogP contribution in [0.2, 0.25) is 0 Å². The van der Waals surface area contributed by atoms with Crippen molar-refractivity contribution in [2.45, 2.75) is 25.2 Å². The van der Waals surface area contributed by atoms with Crippen molar-refractivity contribution < 1.29 is 4.79 Å². The molecule has 0 bridgehead atoms. The van der Waals surface area contributed by atoms with Gasteiger partial charge in [-0.15, -0.1) is 11.3 Å². The van der Waals surface area contributed by atoms with Gasteiger partial charge in [0, 0.05) is 9.58 Å². The fraction of sp³-hybridized carbons (Fsp3) is 0.308. The first kappa shape index (κ1) is 9.10. The lowest BCUT2D eigenvalue weighted by molar-refractivity contribution is -0.119. The van der Waals surface area contributed by atoms with Gasteiger partial charge in [-0.05, 0) is 37.3 Å². The summed E-state index contributed by atoms with van der Waals surface area (Å²) in [4.78, 5) is 12.9. The third-order valence-corrected chi connectivity index (χ3v) is 4.64. The molecule has 1 aromatic heterocycles. The van der Waals surface area contributed by atoms with E-state index in [0.29, 0.717) is 5.78 Å². The molecule has 1 aromatic carbocycles. The summed E-state index contributed by atoms with van der Waals surface area (Å²) in [5.74, 6) is 0.328. The number of carbonyl (C=O) groups excluding carboxylic acids is 1. The second-order valence-electron chi connectivity index (χ2n) is 4.29. The Balaban J connectivity index is 2.17. The predicted octanol–water partition coefficient (Wildman–Crippen LogP) is 3.52. The smallest absolute Gasteiger partial charge is 0.141 e. The molecule has 0 aliphatic heterocycles. The number of ketones is 1. The van der Waals surface area contributed by atoms with Gasteiger partial charge in [0.2, 0.25) is 0 Å². The molecule has 1 aliphatic rings. The van der Waals surface area contributed by atoms with Crippen LogP contribution in [-0.4, -0.2) is 5.78 Å². The van der Waals surface area contributed by atoms with Gasteiger partial charge in [0.05, 0.1) is 5.41 Å². The quantitative estimate of drug-likeness (QED) is 0.750. The van der Waals surface area contributed by atoms with Gasteiger partial charge in [-0.2, -0.15) is 0 Å². The van der Waals surface area contributed by atoms with E-state index in [1.165, 1.54) is 15.0 Å². The van der Waals surface area contributed by atoms with Crippen molar-refractivity contribution >= 4 is 27.2 Å². The van der Waals surface area contributed by atoms with Crippen molar-refractivity contribution in [3.8, 4) is 0 Å². The highest BCUT2D eigenvalue weighted by molar-refractivity contribution is 7.19. The number of thiophene rings is 1. The summed E-state index contributed by atoms with van der Waals surface area (Å²) < 4.78 is 1.29. The fourth-order valence-corrected chi connectivity index (χ4v) is 3.47. The zero-order valence-electron chi connectivity index (χ0n) is 8.62. The van der Waals surface area contributed by atoms with Crippen LogP contribution >= 0.6 is 11.3 Å². The number of Topliss-reactive ketones (excluding diaryl/α,β-unsaturated/α-hetero) is 1. The van der Waals surface area contributed by atoms with Gasteiger partial charge in [0.15, 0.2) is 0 Å². The molecule has 3 rings (SSSR count). The first-order chi connectivity index (χ1) is 7.22. The molecule has 1 fully saturated rings. The summed E-state index contributed by atoms with van der Waals surface area (Å²) >= 11 is 1.77. The highest BCUT2D eigenvalue weighted by Gasteiger charge is 2.49. The third kappa shape index (κ3) is 1.25. The molecule has 0 radical (unpaired) electrons. The minimum atomic E-state index is -0.107. The normalized spacial score (nSPS) is 17.9. The second kappa shape index (κ2) is 2.92.